The smallest absolute Gasteiger partial charge is 0.0945 e. The van der Waals surface area contributed by atoms with Crippen molar-refractivity contribution in [3.05, 3.63) is 71.3 Å². The lowest BCUT2D eigenvalue weighted by atomic mass is 10.2. The molecule has 0 atom stereocenters. The van der Waals surface area contributed by atoms with Crippen LogP contribution in [0.5, 0.6) is 0 Å². The van der Waals surface area contributed by atoms with Gasteiger partial charge in [0.25, 0.3) is 0 Å². The normalized spacial score (nSPS) is 10.2. The summed E-state index contributed by atoms with van der Waals surface area (Å²) >= 11 is 1.57. The second kappa shape index (κ2) is 5.69. The Bertz CT molecular complexity index is 488. The van der Waals surface area contributed by atoms with Gasteiger partial charge in [0.2, 0.25) is 0 Å². The van der Waals surface area contributed by atoms with Gasteiger partial charge in [-0.05, 0) is 12.5 Å². The predicted octanol–water partition coefficient (Wildman–Crippen LogP) is 4.25. The van der Waals surface area contributed by atoms with E-state index in [0.29, 0.717) is 5.04 Å². The molecule has 0 fully saturated rings. The minimum Gasteiger partial charge on any atom is -0.293 e. The molecule has 2 heteroatoms. The van der Waals surface area contributed by atoms with Gasteiger partial charge in [-0.25, -0.2) is 0 Å². The van der Waals surface area contributed by atoms with Crippen molar-refractivity contribution >= 4 is 16.8 Å². The number of aryl methyl sites for hydroxylation is 1. The van der Waals surface area contributed by atoms with Crippen LogP contribution in [0, 0.1) is 12.3 Å². The summed E-state index contributed by atoms with van der Waals surface area (Å²) < 4.78 is 0. The van der Waals surface area contributed by atoms with Crippen molar-refractivity contribution in [1.82, 2.24) is 0 Å². The highest BCUT2D eigenvalue weighted by atomic mass is 32.2. The second-order valence-electron chi connectivity index (χ2n) is 3.97. The van der Waals surface area contributed by atoms with Crippen LogP contribution in [-0.4, -0.2) is 5.04 Å². The van der Waals surface area contributed by atoms with Crippen LogP contribution in [0.15, 0.2) is 54.6 Å². The molecule has 0 unspecified atom stereocenters. The standard InChI is InChI=1S/C15H15NS/c1-12-7-9-14(10-8-12)15(16)17-11-13-5-3-2-4-6-13/h2-10,16H,11H2,1H3. The van der Waals surface area contributed by atoms with Crippen LogP contribution >= 0.6 is 11.8 Å². The van der Waals surface area contributed by atoms with Crippen LogP contribution in [0.3, 0.4) is 0 Å². The van der Waals surface area contributed by atoms with E-state index >= 15 is 0 Å². The van der Waals surface area contributed by atoms with E-state index in [9.17, 15) is 0 Å². The Morgan fingerprint density at radius 3 is 2.29 bits per heavy atom. The molecule has 0 spiro atoms. The lowest BCUT2D eigenvalue weighted by molar-refractivity contribution is 1.42. The second-order valence-corrected chi connectivity index (χ2v) is 4.96. The van der Waals surface area contributed by atoms with Gasteiger partial charge in [0.1, 0.15) is 0 Å². The molecule has 1 nitrogen and oxygen atoms in total. The molecule has 0 aliphatic rings. The van der Waals surface area contributed by atoms with Gasteiger partial charge in [-0.15, -0.1) is 11.8 Å². The number of benzene rings is 2. The molecule has 0 heterocycles. The first-order chi connectivity index (χ1) is 8.25. The molecule has 0 bridgehead atoms. The van der Waals surface area contributed by atoms with Crippen LogP contribution in [0.25, 0.3) is 0 Å². The quantitative estimate of drug-likeness (QED) is 0.630. The number of nitrogens with one attached hydrogen (secondary N) is 1. The summed E-state index contributed by atoms with van der Waals surface area (Å²) in [5.41, 5.74) is 3.49. The molecular formula is C15H15NS. The van der Waals surface area contributed by atoms with Crippen molar-refractivity contribution in [2.45, 2.75) is 12.7 Å². The molecule has 17 heavy (non-hydrogen) atoms. The molecule has 0 aliphatic heterocycles. The molecule has 2 rings (SSSR count). The number of rotatable bonds is 3. The van der Waals surface area contributed by atoms with Gasteiger partial charge >= 0.3 is 0 Å². The molecule has 0 aliphatic carbocycles. The molecule has 1 N–H and O–H groups in total. The van der Waals surface area contributed by atoms with Crippen molar-refractivity contribution in [1.29, 1.82) is 5.41 Å². The first-order valence-corrected chi connectivity index (χ1v) is 6.56. The molecule has 0 aromatic heterocycles. The van der Waals surface area contributed by atoms with E-state index in [-0.39, 0.29) is 0 Å². The average molecular weight is 241 g/mol. The van der Waals surface area contributed by atoms with Crippen molar-refractivity contribution in [2.24, 2.45) is 0 Å². The fourth-order valence-corrected chi connectivity index (χ4v) is 2.32. The van der Waals surface area contributed by atoms with Crippen LogP contribution in [0.4, 0.5) is 0 Å². The molecule has 86 valence electrons. The maximum atomic E-state index is 8.01. The van der Waals surface area contributed by atoms with Crippen LogP contribution < -0.4 is 0 Å². The largest absolute Gasteiger partial charge is 0.293 e. The van der Waals surface area contributed by atoms with Gasteiger partial charge in [0, 0.05) is 11.3 Å². The summed E-state index contributed by atoms with van der Waals surface area (Å²) in [6.45, 7) is 2.06. The third-order valence-electron chi connectivity index (χ3n) is 2.54. The average Bonchev–Trinajstić information content (AvgIpc) is 2.38. The van der Waals surface area contributed by atoms with Crippen LogP contribution in [-0.2, 0) is 5.75 Å². The zero-order chi connectivity index (χ0) is 12.1. The minimum absolute atomic E-state index is 0.633. The summed E-state index contributed by atoms with van der Waals surface area (Å²) in [6, 6.07) is 18.4. The van der Waals surface area contributed by atoms with E-state index < -0.39 is 0 Å². The minimum atomic E-state index is 0.633. The Hall–Kier alpha value is -1.54. The Morgan fingerprint density at radius 1 is 1.00 bits per heavy atom. The fraction of sp³-hybridized carbons (Fsp3) is 0.133. The summed E-state index contributed by atoms with van der Waals surface area (Å²) in [5.74, 6) is 0.855. The van der Waals surface area contributed by atoms with E-state index in [0.717, 1.165) is 11.3 Å². The highest BCUT2D eigenvalue weighted by molar-refractivity contribution is 8.13. The Kier molecular flexibility index (Phi) is 3.99. The van der Waals surface area contributed by atoms with E-state index in [2.05, 4.69) is 19.1 Å². The monoisotopic (exact) mass is 241 g/mol. The number of hydrogen-bond donors (Lipinski definition) is 1. The van der Waals surface area contributed by atoms with Crippen LogP contribution in [0.1, 0.15) is 16.7 Å². The van der Waals surface area contributed by atoms with Gasteiger partial charge in [-0.1, -0.05) is 60.2 Å². The molecule has 0 saturated carbocycles. The zero-order valence-corrected chi connectivity index (χ0v) is 10.6. The summed E-state index contributed by atoms with van der Waals surface area (Å²) in [6.07, 6.45) is 0. The SMILES string of the molecule is Cc1ccc(C(=N)SCc2ccccc2)cc1. The van der Waals surface area contributed by atoms with Gasteiger partial charge in [0.15, 0.2) is 0 Å². The van der Waals surface area contributed by atoms with Gasteiger partial charge in [-0.3, -0.25) is 5.41 Å². The third-order valence-corrected chi connectivity index (χ3v) is 3.54. The maximum Gasteiger partial charge on any atom is 0.0945 e. The molecule has 2 aromatic carbocycles. The molecular weight excluding hydrogens is 226 g/mol. The lowest BCUT2D eigenvalue weighted by Crippen LogP contribution is -1.94. The van der Waals surface area contributed by atoms with E-state index in [4.69, 9.17) is 5.41 Å². The van der Waals surface area contributed by atoms with Crippen molar-refractivity contribution in [2.75, 3.05) is 0 Å². The van der Waals surface area contributed by atoms with E-state index in [1.807, 2.05) is 42.5 Å². The van der Waals surface area contributed by atoms with Gasteiger partial charge in [-0.2, -0.15) is 0 Å². The highest BCUT2D eigenvalue weighted by Crippen LogP contribution is 2.18. The van der Waals surface area contributed by atoms with Gasteiger partial charge in [0.05, 0.1) is 5.04 Å². The predicted molar refractivity (Wildman–Crippen MR) is 75.7 cm³/mol. The fourth-order valence-electron chi connectivity index (χ4n) is 1.52. The van der Waals surface area contributed by atoms with E-state index in [1.165, 1.54) is 11.1 Å². The Morgan fingerprint density at radius 2 is 1.65 bits per heavy atom. The Labute approximate surface area is 106 Å². The lowest BCUT2D eigenvalue weighted by Gasteiger charge is -2.04. The van der Waals surface area contributed by atoms with Crippen molar-refractivity contribution in [3.63, 3.8) is 0 Å². The molecule has 2 aromatic rings. The first kappa shape index (κ1) is 11.9. The summed E-state index contributed by atoms with van der Waals surface area (Å²) in [4.78, 5) is 0. The molecule has 0 radical (unpaired) electrons. The van der Waals surface area contributed by atoms with Gasteiger partial charge < -0.3 is 0 Å². The highest BCUT2D eigenvalue weighted by Gasteiger charge is 2.02. The molecule has 0 saturated heterocycles. The summed E-state index contributed by atoms with van der Waals surface area (Å²) in [7, 11) is 0. The topological polar surface area (TPSA) is 23.9 Å². The zero-order valence-electron chi connectivity index (χ0n) is 9.81. The number of thioether (sulfide) groups is 1. The van der Waals surface area contributed by atoms with Crippen LogP contribution in [0.2, 0.25) is 0 Å². The van der Waals surface area contributed by atoms with E-state index in [1.54, 1.807) is 11.8 Å². The van der Waals surface area contributed by atoms with Crippen molar-refractivity contribution < 1.29 is 0 Å². The third kappa shape index (κ3) is 3.46. The first-order valence-electron chi connectivity index (χ1n) is 5.58. The number of hydrogen-bond acceptors (Lipinski definition) is 2. The Balaban J connectivity index is 1.96. The summed E-state index contributed by atoms with van der Waals surface area (Å²) in [5, 5.41) is 8.65. The maximum absolute atomic E-state index is 8.01. The van der Waals surface area contributed by atoms with Crippen molar-refractivity contribution in [3.8, 4) is 0 Å². The molecule has 0 amide bonds.